The molecule has 1 aromatic rings. The van der Waals surface area contributed by atoms with E-state index in [2.05, 4.69) is 17.6 Å². The van der Waals surface area contributed by atoms with Crippen LogP contribution in [0.15, 0.2) is 71.2 Å². The summed E-state index contributed by atoms with van der Waals surface area (Å²) in [5.74, 6) is 0. The van der Waals surface area contributed by atoms with Crippen LogP contribution in [0, 0.1) is 0 Å². The normalized spacial score (nSPS) is 18.6. The van der Waals surface area contributed by atoms with Gasteiger partial charge in [0.25, 0.3) is 0 Å². The molecule has 3 heteroatoms. The molecule has 1 aromatic carbocycles. The summed E-state index contributed by atoms with van der Waals surface area (Å²) >= 11 is 0. The number of allylic oxidation sites excluding steroid dienone is 7. The van der Waals surface area contributed by atoms with Crippen molar-refractivity contribution >= 4 is 25.4 Å². The highest BCUT2D eigenvalue weighted by atomic mass is 16.1. The van der Waals surface area contributed by atoms with Crippen molar-refractivity contribution in [3.8, 4) is 0 Å². The zero-order chi connectivity index (χ0) is 14.5. The first-order valence-electron chi connectivity index (χ1n) is 6.46. The summed E-state index contributed by atoms with van der Waals surface area (Å²) in [5, 5.41) is 0. The molecule has 20 heavy (non-hydrogen) atoms. The van der Waals surface area contributed by atoms with Gasteiger partial charge >= 0.3 is 0 Å². The molecule has 0 fully saturated rings. The Bertz CT molecular complexity index is 678. The first kappa shape index (κ1) is 14.0. The van der Waals surface area contributed by atoms with Crippen LogP contribution in [0.3, 0.4) is 0 Å². The lowest BCUT2D eigenvalue weighted by molar-refractivity contribution is 0.112. The molecular formula is C17H16BNO. The zero-order valence-electron chi connectivity index (χ0n) is 11.8. The summed E-state index contributed by atoms with van der Waals surface area (Å²) in [6, 6.07) is 7.52. The maximum Gasteiger partial charge on any atom is 0.150 e. The molecule has 0 saturated heterocycles. The quantitative estimate of drug-likeness (QED) is 0.607. The SMILES string of the molecule is BC1=CC(=C(/C=C)c2ccccc2C=O)/C(=N\C)C=C1. The first-order valence-corrected chi connectivity index (χ1v) is 6.46. The van der Waals surface area contributed by atoms with Crippen molar-refractivity contribution in [2.24, 2.45) is 4.99 Å². The molecule has 1 aliphatic carbocycles. The predicted molar refractivity (Wildman–Crippen MR) is 88.1 cm³/mol. The summed E-state index contributed by atoms with van der Waals surface area (Å²) < 4.78 is 0. The van der Waals surface area contributed by atoms with Crippen LogP contribution in [-0.4, -0.2) is 26.9 Å². The van der Waals surface area contributed by atoms with Gasteiger partial charge < -0.3 is 0 Å². The van der Waals surface area contributed by atoms with Crippen LogP contribution < -0.4 is 0 Å². The molecule has 0 atom stereocenters. The van der Waals surface area contributed by atoms with Gasteiger partial charge in [-0.1, -0.05) is 54.5 Å². The van der Waals surface area contributed by atoms with E-state index in [0.29, 0.717) is 5.56 Å². The number of benzene rings is 1. The highest BCUT2D eigenvalue weighted by Gasteiger charge is 2.14. The fraction of sp³-hybridized carbons (Fsp3) is 0.0588. The molecule has 2 rings (SSSR count). The van der Waals surface area contributed by atoms with E-state index >= 15 is 0 Å². The zero-order valence-corrected chi connectivity index (χ0v) is 11.8. The number of rotatable bonds is 3. The monoisotopic (exact) mass is 261 g/mol. The van der Waals surface area contributed by atoms with Crippen molar-refractivity contribution in [1.82, 2.24) is 0 Å². The number of aliphatic imine (C=N–C) groups is 1. The molecular weight excluding hydrogens is 245 g/mol. The van der Waals surface area contributed by atoms with Crippen LogP contribution >= 0.6 is 0 Å². The van der Waals surface area contributed by atoms with Crippen molar-refractivity contribution < 1.29 is 4.79 Å². The summed E-state index contributed by atoms with van der Waals surface area (Å²) in [6.45, 7) is 3.90. The van der Waals surface area contributed by atoms with Crippen molar-refractivity contribution in [3.63, 3.8) is 0 Å². The smallest absolute Gasteiger partial charge is 0.150 e. The van der Waals surface area contributed by atoms with Crippen LogP contribution in [0.2, 0.25) is 0 Å². The van der Waals surface area contributed by atoms with Gasteiger partial charge in [0.15, 0.2) is 6.29 Å². The highest BCUT2D eigenvalue weighted by molar-refractivity contribution is 6.28. The molecule has 2 nitrogen and oxygen atoms in total. The molecule has 0 aromatic heterocycles. The second-order valence-electron chi connectivity index (χ2n) is 4.57. The Morgan fingerprint density at radius 3 is 2.70 bits per heavy atom. The van der Waals surface area contributed by atoms with Gasteiger partial charge in [-0.2, -0.15) is 0 Å². The lowest BCUT2D eigenvalue weighted by Gasteiger charge is -2.15. The van der Waals surface area contributed by atoms with Gasteiger partial charge in [0.05, 0.1) is 5.71 Å². The maximum atomic E-state index is 11.2. The minimum atomic E-state index is 0.658. The minimum Gasteiger partial charge on any atom is -0.298 e. The number of nitrogens with zero attached hydrogens (tertiary/aromatic N) is 1. The predicted octanol–water partition coefficient (Wildman–Crippen LogP) is 2.60. The molecule has 98 valence electrons. The molecule has 0 amide bonds. The number of hydrogen-bond acceptors (Lipinski definition) is 2. The van der Waals surface area contributed by atoms with Gasteiger partial charge in [-0.25, -0.2) is 0 Å². The number of aldehydes is 1. The van der Waals surface area contributed by atoms with E-state index in [0.717, 1.165) is 34.2 Å². The van der Waals surface area contributed by atoms with Gasteiger partial charge in [-0.3, -0.25) is 9.79 Å². The summed E-state index contributed by atoms with van der Waals surface area (Å²) in [5.41, 5.74) is 5.51. The van der Waals surface area contributed by atoms with E-state index in [-0.39, 0.29) is 0 Å². The standard InChI is InChI=1S/C17H16BNO/c1-3-14(15-7-5-4-6-12(15)11-20)16-10-13(18)8-9-17(16)19-2/h3-11H,1,18H2,2H3/b16-14+,19-17-. The van der Waals surface area contributed by atoms with E-state index in [4.69, 9.17) is 0 Å². The Balaban J connectivity index is 2.73. The molecule has 0 unspecified atom stereocenters. The first-order chi connectivity index (χ1) is 9.71. The van der Waals surface area contributed by atoms with Crippen LogP contribution in [0.25, 0.3) is 5.57 Å². The van der Waals surface area contributed by atoms with E-state index < -0.39 is 0 Å². The molecule has 0 bridgehead atoms. The van der Waals surface area contributed by atoms with Crippen LogP contribution in [-0.2, 0) is 0 Å². The highest BCUT2D eigenvalue weighted by Crippen LogP contribution is 2.27. The minimum absolute atomic E-state index is 0.658. The molecule has 1 aliphatic rings. The maximum absolute atomic E-state index is 11.2. The third-order valence-electron chi connectivity index (χ3n) is 3.27. The van der Waals surface area contributed by atoms with Gasteiger partial charge in [0, 0.05) is 18.2 Å². The summed E-state index contributed by atoms with van der Waals surface area (Å²) in [6.07, 6.45) is 8.74. The number of hydrogen-bond donors (Lipinski definition) is 0. The van der Waals surface area contributed by atoms with Crippen molar-refractivity contribution in [2.45, 2.75) is 0 Å². The Hall–Kier alpha value is -2.42. The Morgan fingerprint density at radius 2 is 2.05 bits per heavy atom. The molecule has 0 saturated carbocycles. The van der Waals surface area contributed by atoms with Crippen LogP contribution in [0.4, 0.5) is 0 Å². The van der Waals surface area contributed by atoms with Crippen LogP contribution in [0.1, 0.15) is 15.9 Å². The molecule has 0 aliphatic heterocycles. The lowest BCUT2D eigenvalue weighted by Crippen LogP contribution is -2.06. The number of carbonyl (C=O) groups is 1. The van der Waals surface area contributed by atoms with Gasteiger partial charge in [-0.15, -0.1) is 0 Å². The molecule has 0 N–H and O–H groups in total. The molecule has 0 radical (unpaired) electrons. The molecule has 0 spiro atoms. The van der Waals surface area contributed by atoms with E-state index in [1.807, 2.05) is 44.3 Å². The van der Waals surface area contributed by atoms with Crippen LogP contribution in [0.5, 0.6) is 0 Å². The fourth-order valence-electron chi connectivity index (χ4n) is 2.27. The lowest BCUT2D eigenvalue weighted by atomic mass is 9.84. The third kappa shape index (κ3) is 2.62. The Labute approximate surface area is 120 Å². The second kappa shape index (κ2) is 6.15. The average molecular weight is 261 g/mol. The van der Waals surface area contributed by atoms with Gasteiger partial charge in [0.2, 0.25) is 0 Å². The van der Waals surface area contributed by atoms with Crippen molar-refractivity contribution in [3.05, 3.63) is 77.3 Å². The van der Waals surface area contributed by atoms with E-state index in [9.17, 15) is 4.79 Å². The van der Waals surface area contributed by atoms with E-state index in [1.54, 1.807) is 13.1 Å². The third-order valence-corrected chi connectivity index (χ3v) is 3.27. The summed E-state index contributed by atoms with van der Waals surface area (Å²) in [4.78, 5) is 15.5. The topological polar surface area (TPSA) is 29.4 Å². The van der Waals surface area contributed by atoms with Gasteiger partial charge in [0.1, 0.15) is 7.85 Å². The Morgan fingerprint density at radius 1 is 1.30 bits per heavy atom. The van der Waals surface area contributed by atoms with Gasteiger partial charge in [-0.05, 0) is 17.2 Å². The number of carbonyl (C=O) groups excluding carboxylic acids is 1. The summed E-state index contributed by atoms with van der Waals surface area (Å²) in [7, 11) is 3.80. The molecule has 0 heterocycles. The van der Waals surface area contributed by atoms with Crippen molar-refractivity contribution in [2.75, 3.05) is 7.05 Å². The largest absolute Gasteiger partial charge is 0.298 e. The Kier molecular flexibility index (Phi) is 4.31. The fourth-order valence-corrected chi connectivity index (χ4v) is 2.27. The van der Waals surface area contributed by atoms with E-state index in [1.165, 1.54) is 0 Å². The van der Waals surface area contributed by atoms with Crippen molar-refractivity contribution in [1.29, 1.82) is 0 Å². The second-order valence-corrected chi connectivity index (χ2v) is 4.57. The average Bonchev–Trinajstić information content (AvgIpc) is 2.49.